The maximum absolute atomic E-state index is 13.1. The predicted octanol–water partition coefficient (Wildman–Crippen LogP) is 2.24. The van der Waals surface area contributed by atoms with Gasteiger partial charge in [0.25, 0.3) is 0 Å². The van der Waals surface area contributed by atoms with E-state index < -0.39 is 0 Å². The van der Waals surface area contributed by atoms with Crippen molar-refractivity contribution in [2.24, 2.45) is 0 Å². The van der Waals surface area contributed by atoms with E-state index in [0.29, 0.717) is 15.6 Å². The molecule has 13 heavy (non-hydrogen) atoms. The molecule has 0 unspecified atom stereocenters. The maximum atomic E-state index is 13.1. The molecule has 2 nitrogen and oxygen atoms in total. The first-order valence-electron chi connectivity index (χ1n) is 3.72. The smallest absolute Gasteiger partial charge is 0.141 e. The average Bonchev–Trinajstić information content (AvgIpc) is 2.51. The Labute approximate surface area is 77.9 Å². The first-order chi connectivity index (χ1) is 6.24. The Morgan fingerprint density at radius 2 is 2.15 bits per heavy atom. The molecule has 4 heteroatoms. The van der Waals surface area contributed by atoms with Gasteiger partial charge >= 0.3 is 0 Å². The molecular weight excluding hydrogens is 191 g/mol. The van der Waals surface area contributed by atoms with Gasteiger partial charge in [-0.15, -0.1) is 11.3 Å². The van der Waals surface area contributed by atoms with Crippen LogP contribution in [0.2, 0.25) is 0 Å². The van der Waals surface area contributed by atoms with Crippen molar-refractivity contribution in [1.29, 1.82) is 0 Å². The van der Waals surface area contributed by atoms with E-state index in [1.165, 1.54) is 17.5 Å². The number of benzene rings is 1. The van der Waals surface area contributed by atoms with E-state index in [-0.39, 0.29) is 18.2 Å². The van der Waals surface area contributed by atoms with Crippen LogP contribution in [0, 0.1) is 5.82 Å². The number of rotatable bonds is 1. The van der Waals surface area contributed by atoms with Crippen LogP contribution in [0.25, 0.3) is 10.1 Å². The molecule has 0 saturated carbocycles. The molecule has 68 valence electrons. The van der Waals surface area contributed by atoms with Crippen LogP contribution in [0.1, 0.15) is 5.56 Å². The standard InChI is InChI=1S/C9H7FO2S/c10-6-2-1-5(3-11)8-7(12)4-13-9(6)8/h1-2,4,11-12H,3H2. The van der Waals surface area contributed by atoms with Gasteiger partial charge in [0.1, 0.15) is 11.6 Å². The first-order valence-corrected chi connectivity index (χ1v) is 4.60. The SMILES string of the molecule is OCc1ccc(F)c2scc(O)c12. The van der Waals surface area contributed by atoms with Crippen molar-refractivity contribution in [3.63, 3.8) is 0 Å². The fraction of sp³-hybridized carbons (Fsp3) is 0.111. The van der Waals surface area contributed by atoms with Crippen LogP contribution < -0.4 is 0 Å². The van der Waals surface area contributed by atoms with Crippen LogP contribution in [-0.4, -0.2) is 10.2 Å². The fourth-order valence-electron chi connectivity index (χ4n) is 1.30. The van der Waals surface area contributed by atoms with Crippen LogP contribution >= 0.6 is 11.3 Å². The number of aliphatic hydroxyl groups excluding tert-OH is 1. The van der Waals surface area contributed by atoms with Gasteiger partial charge < -0.3 is 10.2 Å². The van der Waals surface area contributed by atoms with E-state index in [0.717, 1.165) is 11.3 Å². The van der Waals surface area contributed by atoms with Crippen LogP contribution in [0.4, 0.5) is 4.39 Å². The zero-order chi connectivity index (χ0) is 9.42. The van der Waals surface area contributed by atoms with Crippen molar-refractivity contribution >= 4 is 21.4 Å². The first kappa shape index (κ1) is 8.47. The number of hydrogen-bond donors (Lipinski definition) is 2. The zero-order valence-electron chi connectivity index (χ0n) is 6.62. The molecule has 1 heterocycles. The summed E-state index contributed by atoms with van der Waals surface area (Å²) in [6, 6.07) is 2.77. The molecule has 0 atom stereocenters. The summed E-state index contributed by atoms with van der Waals surface area (Å²) in [6.07, 6.45) is 0. The number of fused-ring (bicyclic) bond motifs is 1. The molecule has 1 aromatic carbocycles. The fourth-order valence-corrected chi connectivity index (χ4v) is 2.18. The van der Waals surface area contributed by atoms with Crippen LogP contribution in [-0.2, 0) is 6.61 Å². The summed E-state index contributed by atoms with van der Waals surface area (Å²) in [4.78, 5) is 0. The van der Waals surface area contributed by atoms with Crippen LogP contribution in [0.5, 0.6) is 5.75 Å². The quantitative estimate of drug-likeness (QED) is 0.737. The van der Waals surface area contributed by atoms with Crippen molar-refractivity contribution in [3.8, 4) is 5.75 Å². The molecule has 2 N–H and O–H groups in total. The number of halogens is 1. The lowest BCUT2D eigenvalue weighted by atomic mass is 10.1. The van der Waals surface area contributed by atoms with Crippen molar-refractivity contribution < 1.29 is 14.6 Å². The largest absolute Gasteiger partial charge is 0.506 e. The van der Waals surface area contributed by atoms with E-state index >= 15 is 0 Å². The summed E-state index contributed by atoms with van der Waals surface area (Å²) in [6.45, 7) is -0.193. The second-order valence-electron chi connectivity index (χ2n) is 2.69. The monoisotopic (exact) mass is 198 g/mol. The lowest BCUT2D eigenvalue weighted by molar-refractivity contribution is 0.283. The molecular formula is C9H7FO2S. The minimum absolute atomic E-state index is 0.0311. The van der Waals surface area contributed by atoms with Gasteiger partial charge in [-0.3, -0.25) is 0 Å². The molecule has 0 aliphatic rings. The van der Waals surface area contributed by atoms with E-state index in [1.54, 1.807) is 0 Å². The topological polar surface area (TPSA) is 40.5 Å². The van der Waals surface area contributed by atoms with Crippen molar-refractivity contribution in [1.82, 2.24) is 0 Å². The lowest BCUT2D eigenvalue weighted by Gasteiger charge is -1.99. The molecule has 0 amide bonds. The van der Waals surface area contributed by atoms with E-state index in [9.17, 15) is 9.50 Å². The van der Waals surface area contributed by atoms with Crippen LogP contribution in [0.15, 0.2) is 17.5 Å². The minimum atomic E-state index is -0.363. The third-order valence-corrected chi connectivity index (χ3v) is 2.89. The highest BCUT2D eigenvalue weighted by Gasteiger charge is 2.11. The van der Waals surface area contributed by atoms with E-state index in [4.69, 9.17) is 5.11 Å². The summed E-state index contributed by atoms with van der Waals surface area (Å²) in [7, 11) is 0. The Bertz CT molecular complexity index is 450. The van der Waals surface area contributed by atoms with Gasteiger partial charge in [0.2, 0.25) is 0 Å². The lowest BCUT2D eigenvalue weighted by Crippen LogP contribution is -1.85. The molecule has 0 aliphatic carbocycles. The summed E-state index contributed by atoms with van der Waals surface area (Å²) in [5.74, 6) is -0.332. The van der Waals surface area contributed by atoms with Gasteiger partial charge in [0.15, 0.2) is 0 Å². The minimum Gasteiger partial charge on any atom is -0.506 e. The second-order valence-corrected chi connectivity index (χ2v) is 3.57. The Kier molecular flexibility index (Phi) is 1.94. The Hall–Kier alpha value is -1.13. The van der Waals surface area contributed by atoms with E-state index in [1.807, 2.05) is 0 Å². The number of hydrogen-bond acceptors (Lipinski definition) is 3. The molecule has 1 aromatic heterocycles. The van der Waals surface area contributed by atoms with Gasteiger partial charge in [-0.2, -0.15) is 0 Å². The number of aliphatic hydroxyl groups is 1. The molecule has 0 bridgehead atoms. The van der Waals surface area contributed by atoms with Gasteiger partial charge in [0.05, 0.1) is 11.3 Å². The molecule has 0 fully saturated rings. The summed E-state index contributed by atoms with van der Waals surface area (Å²) in [5.41, 5.74) is 0.551. The summed E-state index contributed by atoms with van der Waals surface area (Å²) < 4.78 is 13.5. The third-order valence-electron chi connectivity index (χ3n) is 1.91. The van der Waals surface area contributed by atoms with Gasteiger partial charge in [-0.05, 0) is 11.6 Å². The second kappa shape index (κ2) is 2.97. The van der Waals surface area contributed by atoms with Gasteiger partial charge in [-0.1, -0.05) is 6.07 Å². The molecule has 0 radical (unpaired) electrons. The molecule has 0 aliphatic heterocycles. The van der Waals surface area contributed by atoms with Crippen LogP contribution in [0.3, 0.4) is 0 Å². The maximum Gasteiger partial charge on any atom is 0.141 e. The van der Waals surface area contributed by atoms with E-state index in [2.05, 4.69) is 0 Å². The normalized spacial score (nSPS) is 10.9. The zero-order valence-corrected chi connectivity index (χ0v) is 7.44. The van der Waals surface area contributed by atoms with Crippen molar-refractivity contribution in [2.45, 2.75) is 6.61 Å². The average molecular weight is 198 g/mol. The predicted molar refractivity (Wildman–Crippen MR) is 49.4 cm³/mol. The number of aromatic hydroxyl groups is 1. The highest BCUT2D eigenvalue weighted by molar-refractivity contribution is 7.17. The molecule has 2 aromatic rings. The Balaban J connectivity index is 2.88. The molecule has 0 saturated heterocycles. The highest BCUT2D eigenvalue weighted by Crippen LogP contribution is 2.35. The molecule has 0 spiro atoms. The summed E-state index contributed by atoms with van der Waals surface area (Å²) >= 11 is 1.13. The Morgan fingerprint density at radius 1 is 1.38 bits per heavy atom. The molecule has 2 rings (SSSR count). The van der Waals surface area contributed by atoms with Gasteiger partial charge in [-0.25, -0.2) is 4.39 Å². The Morgan fingerprint density at radius 3 is 2.85 bits per heavy atom. The van der Waals surface area contributed by atoms with Crippen molar-refractivity contribution in [3.05, 3.63) is 28.9 Å². The number of thiophene rings is 1. The third kappa shape index (κ3) is 1.18. The van der Waals surface area contributed by atoms with Crippen molar-refractivity contribution in [2.75, 3.05) is 0 Å². The summed E-state index contributed by atoms with van der Waals surface area (Å²) in [5, 5.41) is 20.2. The van der Waals surface area contributed by atoms with Gasteiger partial charge in [0, 0.05) is 10.8 Å². The highest BCUT2D eigenvalue weighted by atomic mass is 32.1.